The van der Waals surface area contributed by atoms with Crippen LogP contribution in [0.2, 0.25) is 0 Å². The summed E-state index contributed by atoms with van der Waals surface area (Å²) in [5, 5.41) is 2.97. The molecule has 0 aromatic heterocycles. The van der Waals surface area contributed by atoms with E-state index >= 15 is 0 Å². The number of anilines is 2. The van der Waals surface area contributed by atoms with Gasteiger partial charge < -0.3 is 19.7 Å². The lowest BCUT2D eigenvalue weighted by Gasteiger charge is -2.25. The van der Waals surface area contributed by atoms with Gasteiger partial charge in [0.05, 0.1) is 11.9 Å². The van der Waals surface area contributed by atoms with Gasteiger partial charge in [-0.3, -0.25) is 9.10 Å². The van der Waals surface area contributed by atoms with Crippen molar-refractivity contribution in [2.24, 2.45) is 0 Å². The highest BCUT2D eigenvalue weighted by Gasteiger charge is 2.25. The maximum Gasteiger partial charge on any atom is 0.232 e. The van der Waals surface area contributed by atoms with Crippen LogP contribution in [0.15, 0.2) is 42.5 Å². The number of nitrogens with zero attached hydrogens (tertiary/aromatic N) is 2. The molecule has 0 bridgehead atoms. The van der Waals surface area contributed by atoms with Gasteiger partial charge in [0, 0.05) is 43.9 Å². The standard InChI is InChI=1S/C25H33N3O5S/c1-19-17-20-7-3-4-8-22(20)27(19)13-6-12-26-25(29)9-5-14-28(34(2,30)31)21-10-11-23-24(18-21)33-16-15-32-23/h3-4,7-8,10-11,18-19H,5-6,9,12-17H2,1-2H3,(H,26,29)/t19-/m1/s1. The number of hydrogen-bond acceptors (Lipinski definition) is 6. The van der Waals surface area contributed by atoms with E-state index in [1.807, 2.05) is 0 Å². The van der Waals surface area contributed by atoms with E-state index < -0.39 is 10.0 Å². The van der Waals surface area contributed by atoms with Crippen molar-refractivity contribution in [1.82, 2.24) is 5.32 Å². The summed E-state index contributed by atoms with van der Waals surface area (Å²) in [6, 6.07) is 14.0. The van der Waals surface area contributed by atoms with Crippen LogP contribution < -0.4 is 24.0 Å². The maximum atomic E-state index is 12.4. The van der Waals surface area contributed by atoms with Crippen LogP contribution in [0.4, 0.5) is 11.4 Å². The first-order valence-corrected chi connectivity index (χ1v) is 13.7. The number of para-hydroxylation sites is 1. The summed E-state index contributed by atoms with van der Waals surface area (Å²) < 4.78 is 37.1. The predicted octanol–water partition coefficient (Wildman–Crippen LogP) is 2.96. The van der Waals surface area contributed by atoms with Gasteiger partial charge in [-0.1, -0.05) is 18.2 Å². The lowest BCUT2D eigenvalue weighted by Crippen LogP contribution is -2.34. The van der Waals surface area contributed by atoms with Gasteiger partial charge in [-0.15, -0.1) is 0 Å². The Balaban J connectivity index is 1.22. The van der Waals surface area contributed by atoms with Crippen LogP contribution >= 0.6 is 0 Å². The number of amides is 1. The lowest BCUT2D eigenvalue weighted by molar-refractivity contribution is -0.121. The van der Waals surface area contributed by atoms with E-state index in [0.717, 1.165) is 19.4 Å². The fraction of sp³-hybridized carbons (Fsp3) is 0.480. The van der Waals surface area contributed by atoms with E-state index in [1.54, 1.807) is 18.2 Å². The Bertz CT molecular complexity index is 1120. The first-order chi connectivity index (χ1) is 16.3. The van der Waals surface area contributed by atoms with Gasteiger partial charge in [0.2, 0.25) is 15.9 Å². The lowest BCUT2D eigenvalue weighted by atomic mass is 10.1. The number of sulfonamides is 1. The van der Waals surface area contributed by atoms with E-state index in [1.165, 1.54) is 21.8 Å². The monoisotopic (exact) mass is 487 g/mol. The van der Waals surface area contributed by atoms with Crippen LogP contribution in [0.3, 0.4) is 0 Å². The quantitative estimate of drug-likeness (QED) is 0.519. The summed E-state index contributed by atoms with van der Waals surface area (Å²) in [5.74, 6) is 1.07. The van der Waals surface area contributed by atoms with Crippen molar-refractivity contribution in [1.29, 1.82) is 0 Å². The zero-order chi connectivity index (χ0) is 24.1. The number of carbonyl (C=O) groups excluding carboxylic acids is 1. The van der Waals surface area contributed by atoms with Crippen molar-refractivity contribution in [3.8, 4) is 11.5 Å². The van der Waals surface area contributed by atoms with Gasteiger partial charge in [0.15, 0.2) is 11.5 Å². The molecule has 2 aromatic rings. The van der Waals surface area contributed by atoms with Crippen LogP contribution in [0, 0.1) is 0 Å². The Labute approximate surface area is 201 Å². The van der Waals surface area contributed by atoms with Crippen LogP contribution in [0.25, 0.3) is 0 Å². The minimum absolute atomic E-state index is 0.0644. The summed E-state index contributed by atoms with van der Waals surface area (Å²) in [4.78, 5) is 14.7. The molecule has 0 radical (unpaired) electrons. The second kappa shape index (κ2) is 10.5. The van der Waals surface area contributed by atoms with Gasteiger partial charge in [-0.05, 0) is 49.9 Å². The number of ether oxygens (including phenoxy) is 2. The van der Waals surface area contributed by atoms with Crippen molar-refractivity contribution >= 4 is 27.3 Å². The van der Waals surface area contributed by atoms with Gasteiger partial charge in [-0.25, -0.2) is 8.42 Å². The molecule has 0 aliphatic carbocycles. The molecule has 184 valence electrons. The normalized spacial score (nSPS) is 16.8. The predicted molar refractivity (Wildman–Crippen MR) is 133 cm³/mol. The molecule has 34 heavy (non-hydrogen) atoms. The molecule has 0 saturated heterocycles. The Hall–Kier alpha value is -2.94. The molecule has 4 rings (SSSR count). The van der Waals surface area contributed by atoms with E-state index in [9.17, 15) is 13.2 Å². The topological polar surface area (TPSA) is 88.2 Å². The largest absolute Gasteiger partial charge is 0.486 e. The molecule has 0 fully saturated rings. The van der Waals surface area contributed by atoms with Crippen molar-refractivity contribution < 1.29 is 22.7 Å². The number of fused-ring (bicyclic) bond motifs is 2. The third-order valence-corrected chi connectivity index (χ3v) is 7.42. The third kappa shape index (κ3) is 5.75. The first-order valence-electron chi connectivity index (χ1n) is 11.8. The van der Waals surface area contributed by atoms with Crippen LogP contribution in [0.1, 0.15) is 31.7 Å². The van der Waals surface area contributed by atoms with Gasteiger partial charge in [-0.2, -0.15) is 0 Å². The molecule has 1 N–H and O–H groups in total. The minimum atomic E-state index is -3.50. The number of rotatable bonds is 10. The van der Waals surface area contributed by atoms with Crippen molar-refractivity contribution in [2.45, 2.75) is 38.6 Å². The molecule has 0 unspecified atom stereocenters. The van der Waals surface area contributed by atoms with Crippen molar-refractivity contribution in [3.63, 3.8) is 0 Å². The molecule has 8 nitrogen and oxygen atoms in total. The molecule has 1 amide bonds. The van der Waals surface area contributed by atoms with E-state index in [-0.39, 0.29) is 18.9 Å². The molecular formula is C25H33N3O5S. The number of carbonyl (C=O) groups is 1. The van der Waals surface area contributed by atoms with Gasteiger partial charge in [0.25, 0.3) is 0 Å². The Morgan fingerprint density at radius 1 is 1.12 bits per heavy atom. The van der Waals surface area contributed by atoms with Crippen LogP contribution in [0.5, 0.6) is 11.5 Å². The van der Waals surface area contributed by atoms with Crippen LogP contribution in [-0.2, 0) is 21.2 Å². The van der Waals surface area contributed by atoms with Crippen molar-refractivity contribution in [3.05, 3.63) is 48.0 Å². The molecule has 2 aromatic carbocycles. The average Bonchev–Trinajstić information content (AvgIpc) is 3.13. The Morgan fingerprint density at radius 3 is 2.68 bits per heavy atom. The number of benzene rings is 2. The highest BCUT2D eigenvalue weighted by atomic mass is 32.2. The zero-order valence-electron chi connectivity index (χ0n) is 19.8. The summed E-state index contributed by atoms with van der Waals surface area (Å²) >= 11 is 0. The Morgan fingerprint density at radius 2 is 1.88 bits per heavy atom. The third-order valence-electron chi connectivity index (χ3n) is 6.23. The fourth-order valence-corrected chi connectivity index (χ4v) is 5.55. The first kappa shape index (κ1) is 24.2. The zero-order valence-corrected chi connectivity index (χ0v) is 20.6. The molecule has 9 heteroatoms. The minimum Gasteiger partial charge on any atom is -0.486 e. The number of hydrogen-bond donors (Lipinski definition) is 1. The van der Waals surface area contributed by atoms with Crippen LogP contribution in [-0.4, -0.2) is 59.5 Å². The maximum absolute atomic E-state index is 12.4. The molecule has 0 spiro atoms. The number of nitrogens with one attached hydrogen (secondary N) is 1. The van der Waals surface area contributed by atoms with E-state index in [4.69, 9.17) is 9.47 Å². The molecule has 2 heterocycles. The Kier molecular flexibility index (Phi) is 7.50. The van der Waals surface area contributed by atoms with Gasteiger partial charge >= 0.3 is 0 Å². The highest BCUT2D eigenvalue weighted by Crippen LogP contribution is 2.35. The summed E-state index contributed by atoms with van der Waals surface area (Å²) in [7, 11) is -3.50. The molecular weight excluding hydrogens is 454 g/mol. The summed E-state index contributed by atoms with van der Waals surface area (Å²) in [5.41, 5.74) is 3.18. The second-order valence-corrected chi connectivity index (χ2v) is 10.8. The molecule has 0 saturated carbocycles. The second-order valence-electron chi connectivity index (χ2n) is 8.85. The summed E-state index contributed by atoms with van der Waals surface area (Å²) in [6.07, 6.45) is 3.77. The van der Waals surface area contributed by atoms with Gasteiger partial charge in [0.1, 0.15) is 13.2 Å². The SMILES string of the molecule is C[C@@H]1Cc2ccccc2N1CCCNC(=O)CCCN(c1ccc2c(c1)OCCO2)S(C)(=O)=O. The molecule has 1 atom stereocenters. The average molecular weight is 488 g/mol. The summed E-state index contributed by atoms with van der Waals surface area (Å²) in [6.45, 7) is 4.84. The van der Waals surface area contributed by atoms with E-state index in [2.05, 4.69) is 41.4 Å². The smallest absolute Gasteiger partial charge is 0.232 e. The molecule has 2 aliphatic heterocycles. The highest BCUT2D eigenvalue weighted by molar-refractivity contribution is 7.92. The van der Waals surface area contributed by atoms with E-state index in [0.29, 0.717) is 49.4 Å². The van der Waals surface area contributed by atoms with Crippen molar-refractivity contribution in [2.75, 3.05) is 48.3 Å². The molecule has 2 aliphatic rings. The fourth-order valence-electron chi connectivity index (χ4n) is 4.59.